The minimum Gasteiger partial charge on any atom is -0.480 e. The van der Waals surface area contributed by atoms with Crippen molar-refractivity contribution in [2.75, 3.05) is 25.7 Å². The van der Waals surface area contributed by atoms with E-state index in [2.05, 4.69) is 0 Å². The zero-order valence-corrected chi connectivity index (χ0v) is 15.7. The lowest BCUT2D eigenvalue weighted by atomic mass is 10.2. The first-order chi connectivity index (χ1) is 9.65. The highest BCUT2D eigenvalue weighted by atomic mass is 31.2. The monoisotopic (exact) mass is 396 g/mol. The second-order valence-corrected chi connectivity index (χ2v) is 10.1. The quantitative estimate of drug-likeness (QED) is 0.245. The molecule has 148 valence electrons. The van der Waals surface area contributed by atoms with Crippen LogP contribution < -0.4 is 23.8 Å². The maximum Gasteiger partial charge on any atom is 0.320 e. The summed E-state index contributed by atoms with van der Waals surface area (Å²) in [6.45, 7) is 2.36. The molecule has 0 aliphatic rings. The standard InChI is InChI=1S/2C5H12NO4P.2H3N/c2*1-11(9,10)3-2-4(6)5(7)8;;/h2*4H,2-3,6H2,1H3,(H,7,8)(H,9,10);2*1H3. The van der Waals surface area contributed by atoms with Gasteiger partial charge < -0.3 is 43.8 Å². The van der Waals surface area contributed by atoms with Crippen molar-refractivity contribution in [1.82, 2.24) is 12.3 Å². The second kappa shape index (κ2) is 13.5. The number of carboxylic acids is 2. The second-order valence-electron chi connectivity index (χ2n) is 5.02. The summed E-state index contributed by atoms with van der Waals surface area (Å²) in [6, 6.07) is -2.06. The molecule has 0 rings (SSSR count). The van der Waals surface area contributed by atoms with E-state index in [0.717, 1.165) is 0 Å². The Kier molecular flexibility index (Phi) is 17.4. The minimum atomic E-state index is -3.10. The van der Waals surface area contributed by atoms with E-state index in [1.807, 2.05) is 0 Å². The van der Waals surface area contributed by atoms with Crippen LogP contribution in [0, 0.1) is 0 Å². The van der Waals surface area contributed by atoms with E-state index in [-0.39, 0.29) is 37.5 Å². The van der Waals surface area contributed by atoms with Gasteiger partial charge in [0.2, 0.25) is 0 Å². The van der Waals surface area contributed by atoms with Crippen molar-refractivity contribution in [3.8, 4) is 0 Å². The Morgan fingerprint density at radius 1 is 0.833 bits per heavy atom. The van der Waals surface area contributed by atoms with Crippen LogP contribution in [-0.2, 0) is 18.7 Å². The largest absolute Gasteiger partial charge is 0.480 e. The summed E-state index contributed by atoms with van der Waals surface area (Å²) in [5, 5.41) is 16.6. The van der Waals surface area contributed by atoms with Gasteiger partial charge in [0.25, 0.3) is 0 Å². The van der Waals surface area contributed by atoms with Crippen molar-refractivity contribution >= 4 is 26.7 Å². The maximum absolute atomic E-state index is 10.6. The fraction of sp³-hybridized carbons (Fsp3) is 0.800. The Hall–Kier alpha value is -0.840. The highest BCUT2D eigenvalue weighted by molar-refractivity contribution is 7.57. The molecule has 0 aliphatic carbocycles. The lowest BCUT2D eigenvalue weighted by Gasteiger charge is -2.07. The molecule has 0 saturated carbocycles. The van der Waals surface area contributed by atoms with E-state index in [4.69, 9.17) is 31.5 Å². The normalized spacial score (nSPS) is 17.2. The van der Waals surface area contributed by atoms with Crippen molar-refractivity contribution in [2.24, 2.45) is 11.5 Å². The Balaban J connectivity index is -0.000000154. The minimum absolute atomic E-state index is 0. The first kappa shape index (κ1) is 31.0. The number of hydrogen-bond donors (Lipinski definition) is 8. The smallest absolute Gasteiger partial charge is 0.320 e. The van der Waals surface area contributed by atoms with E-state index in [1.54, 1.807) is 0 Å². The average Bonchev–Trinajstić information content (AvgIpc) is 2.31. The third-order valence-corrected chi connectivity index (χ3v) is 4.52. The third kappa shape index (κ3) is 23.4. The molecular weight excluding hydrogens is 366 g/mol. The number of aliphatic carboxylic acids is 2. The van der Waals surface area contributed by atoms with E-state index in [9.17, 15) is 18.7 Å². The highest BCUT2D eigenvalue weighted by Crippen LogP contribution is 2.36. The fourth-order valence-corrected chi connectivity index (χ4v) is 2.52. The average molecular weight is 396 g/mol. The van der Waals surface area contributed by atoms with Gasteiger partial charge in [0.1, 0.15) is 12.1 Å². The predicted molar refractivity (Wildman–Crippen MR) is 91.7 cm³/mol. The topological polar surface area (TPSA) is 271 Å². The summed E-state index contributed by atoms with van der Waals surface area (Å²) in [6.07, 6.45) is 0.000154. The molecule has 0 amide bonds. The highest BCUT2D eigenvalue weighted by Gasteiger charge is 2.17. The Bertz CT molecular complexity index is 422. The number of carboxylic acid groups (broad SMARTS) is 2. The fourth-order valence-electron chi connectivity index (χ4n) is 1.00. The molecular formula is C10H30N4O8P2. The van der Waals surface area contributed by atoms with Crippen molar-refractivity contribution < 1.29 is 38.7 Å². The van der Waals surface area contributed by atoms with Gasteiger partial charge in [-0.15, -0.1) is 0 Å². The van der Waals surface area contributed by atoms with Gasteiger partial charge in [-0.2, -0.15) is 0 Å². The molecule has 0 bridgehead atoms. The molecule has 0 saturated heterocycles. The Morgan fingerprint density at radius 2 is 1.04 bits per heavy atom. The Morgan fingerprint density at radius 3 is 1.17 bits per heavy atom. The van der Waals surface area contributed by atoms with Crippen molar-refractivity contribution in [3.05, 3.63) is 0 Å². The summed E-state index contributed by atoms with van der Waals surface area (Å²) in [5.41, 5.74) is 10.2. The SMILES string of the molecule is CP(=O)(O)CCC(N)C(=O)O.CP(=O)(O)CCC(N)C(=O)O.N.N. The molecule has 0 aromatic heterocycles. The molecule has 14 heteroatoms. The zero-order valence-electron chi connectivity index (χ0n) is 13.9. The van der Waals surface area contributed by atoms with E-state index in [1.165, 1.54) is 13.3 Å². The molecule has 12 nitrogen and oxygen atoms in total. The molecule has 0 fully saturated rings. The lowest BCUT2D eigenvalue weighted by Crippen LogP contribution is -2.30. The number of carbonyl (C=O) groups is 2. The molecule has 0 heterocycles. The van der Waals surface area contributed by atoms with Gasteiger partial charge in [-0.3, -0.25) is 18.7 Å². The van der Waals surface area contributed by atoms with Crippen LogP contribution in [0.15, 0.2) is 0 Å². The number of hydrogen-bond acceptors (Lipinski definition) is 8. The Labute approximate surface area is 140 Å². The van der Waals surface area contributed by atoms with E-state index in [0.29, 0.717) is 0 Å². The van der Waals surface area contributed by atoms with Crippen LogP contribution in [0.1, 0.15) is 12.8 Å². The van der Waals surface area contributed by atoms with Crippen LogP contribution >= 0.6 is 14.7 Å². The summed E-state index contributed by atoms with van der Waals surface area (Å²) in [4.78, 5) is 37.8. The third-order valence-electron chi connectivity index (χ3n) is 2.34. The van der Waals surface area contributed by atoms with Crippen LogP contribution in [0.4, 0.5) is 0 Å². The first-order valence-electron chi connectivity index (χ1n) is 6.21. The van der Waals surface area contributed by atoms with Gasteiger partial charge in [-0.1, -0.05) is 0 Å². The predicted octanol–water partition coefficient (Wildman–Crippen LogP) is -0.299. The van der Waals surface area contributed by atoms with Crippen molar-refractivity contribution in [3.63, 3.8) is 0 Å². The molecule has 4 unspecified atom stereocenters. The molecule has 0 radical (unpaired) electrons. The molecule has 24 heavy (non-hydrogen) atoms. The molecule has 4 atom stereocenters. The first-order valence-corrected chi connectivity index (χ1v) is 10.8. The van der Waals surface area contributed by atoms with Crippen LogP contribution in [0.2, 0.25) is 0 Å². The van der Waals surface area contributed by atoms with Gasteiger partial charge in [-0.05, 0) is 12.8 Å². The van der Waals surface area contributed by atoms with Crippen LogP contribution in [0.25, 0.3) is 0 Å². The van der Waals surface area contributed by atoms with Gasteiger partial charge in [0.15, 0.2) is 14.7 Å². The number of nitrogens with two attached hydrogens (primary N) is 2. The molecule has 0 aliphatic heterocycles. The zero-order chi connectivity index (χ0) is 18.1. The van der Waals surface area contributed by atoms with Crippen LogP contribution in [0.5, 0.6) is 0 Å². The van der Waals surface area contributed by atoms with Gasteiger partial charge in [0, 0.05) is 25.7 Å². The molecule has 14 N–H and O–H groups in total. The van der Waals surface area contributed by atoms with E-state index < -0.39 is 38.8 Å². The van der Waals surface area contributed by atoms with Crippen LogP contribution in [0.3, 0.4) is 0 Å². The summed E-state index contributed by atoms with van der Waals surface area (Å²) in [5.74, 6) is -2.28. The number of rotatable bonds is 8. The van der Waals surface area contributed by atoms with Gasteiger partial charge >= 0.3 is 11.9 Å². The van der Waals surface area contributed by atoms with Gasteiger partial charge in [0.05, 0.1) is 0 Å². The molecule has 0 aromatic carbocycles. The molecule has 0 aromatic rings. The summed E-state index contributed by atoms with van der Waals surface area (Å²) >= 11 is 0. The maximum atomic E-state index is 10.6. The summed E-state index contributed by atoms with van der Waals surface area (Å²) in [7, 11) is -6.21. The van der Waals surface area contributed by atoms with Gasteiger partial charge in [-0.25, -0.2) is 0 Å². The molecule has 0 spiro atoms. The lowest BCUT2D eigenvalue weighted by molar-refractivity contribution is -0.139. The van der Waals surface area contributed by atoms with Crippen molar-refractivity contribution in [2.45, 2.75) is 24.9 Å². The van der Waals surface area contributed by atoms with Crippen LogP contribution in [-0.4, -0.2) is 69.7 Å². The summed E-state index contributed by atoms with van der Waals surface area (Å²) < 4.78 is 21.3. The van der Waals surface area contributed by atoms with E-state index >= 15 is 0 Å². The van der Waals surface area contributed by atoms with Crippen molar-refractivity contribution in [1.29, 1.82) is 0 Å².